The highest BCUT2D eigenvalue weighted by Gasteiger charge is 2.06. The van der Waals surface area contributed by atoms with Crippen molar-refractivity contribution in [1.82, 2.24) is 9.97 Å². The molecule has 2 aromatic rings. The summed E-state index contributed by atoms with van der Waals surface area (Å²) in [7, 11) is 0. The molecular weight excluding hydrogens is 232 g/mol. The zero-order valence-corrected chi connectivity index (χ0v) is 10.1. The number of aryl methyl sites for hydroxylation is 1. The van der Waals surface area contributed by atoms with Gasteiger partial charge in [-0.25, -0.2) is 0 Å². The number of carbonyl (C=O) groups is 1. The molecule has 4 heteroatoms. The summed E-state index contributed by atoms with van der Waals surface area (Å²) in [5.74, 6) is 0.729. The number of hydrogen-bond acceptors (Lipinski definition) is 4. The van der Waals surface area contributed by atoms with Crippen LogP contribution in [0.5, 0.6) is 0 Å². The van der Waals surface area contributed by atoms with E-state index in [1.54, 1.807) is 24.5 Å². The summed E-state index contributed by atoms with van der Waals surface area (Å²) >= 11 is 1.28. The van der Waals surface area contributed by atoms with Crippen LogP contribution >= 0.6 is 11.8 Å². The molecule has 0 aromatic carbocycles. The Bertz CT molecular complexity index is 473. The van der Waals surface area contributed by atoms with Gasteiger partial charge < -0.3 is 0 Å². The highest BCUT2D eigenvalue weighted by molar-refractivity contribution is 8.14. The second kappa shape index (κ2) is 6.15. The highest BCUT2D eigenvalue weighted by Crippen LogP contribution is 2.11. The average Bonchev–Trinajstić information content (AvgIpc) is 2.41. The zero-order valence-electron chi connectivity index (χ0n) is 9.24. The van der Waals surface area contributed by atoms with Crippen molar-refractivity contribution in [3.8, 4) is 0 Å². The second-order valence-electron chi connectivity index (χ2n) is 3.42. The molecule has 0 bridgehead atoms. The molecule has 2 aromatic heterocycles. The molecule has 0 aliphatic heterocycles. The van der Waals surface area contributed by atoms with E-state index in [0.29, 0.717) is 5.69 Å². The van der Waals surface area contributed by atoms with Gasteiger partial charge in [0.2, 0.25) is 5.12 Å². The Balaban J connectivity index is 1.82. The first-order chi connectivity index (χ1) is 8.36. The molecule has 3 nitrogen and oxygen atoms in total. The van der Waals surface area contributed by atoms with Gasteiger partial charge in [-0.3, -0.25) is 14.8 Å². The summed E-state index contributed by atoms with van der Waals surface area (Å²) in [6.07, 6.45) is 4.19. The molecule has 2 rings (SSSR count). The maximum Gasteiger partial charge on any atom is 0.237 e. The maximum absolute atomic E-state index is 11.7. The van der Waals surface area contributed by atoms with Crippen LogP contribution in [0.1, 0.15) is 16.2 Å². The molecule has 0 aliphatic rings. The smallest absolute Gasteiger partial charge is 0.237 e. The molecule has 0 fully saturated rings. The van der Waals surface area contributed by atoms with Crippen LogP contribution in [0.25, 0.3) is 0 Å². The molecule has 0 N–H and O–H groups in total. The average molecular weight is 244 g/mol. The molecular formula is C13H12N2OS. The summed E-state index contributed by atoms with van der Waals surface area (Å²) in [4.78, 5) is 19.9. The van der Waals surface area contributed by atoms with Crippen molar-refractivity contribution in [2.45, 2.75) is 6.42 Å². The fourth-order valence-corrected chi connectivity index (χ4v) is 2.12. The lowest BCUT2D eigenvalue weighted by Gasteiger charge is -2.00. The minimum absolute atomic E-state index is 0.0153. The van der Waals surface area contributed by atoms with E-state index in [1.807, 2.05) is 24.3 Å². The van der Waals surface area contributed by atoms with E-state index in [2.05, 4.69) is 9.97 Å². The summed E-state index contributed by atoms with van der Waals surface area (Å²) in [6.45, 7) is 0. The van der Waals surface area contributed by atoms with Crippen LogP contribution in [0.3, 0.4) is 0 Å². The molecule has 0 saturated carbocycles. The number of pyridine rings is 2. The van der Waals surface area contributed by atoms with E-state index in [9.17, 15) is 4.79 Å². The third kappa shape index (κ3) is 3.67. The van der Waals surface area contributed by atoms with Crippen LogP contribution < -0.4 is 0 Å². The lowest BCUT2D eigenvalue weighted by atomic mass is 10.3. The Labute approximate surface area is 104 Å². The highest BCUT2D eigenvalue weighted by atomic mass is 32.2. The SMILES string of the molecule is O=C(SCCc1ccccn1)c1ccccn1. The van der Waals surface area contributed by atoms with Crippen LogP contribution in [0.15, 0.2) is 48.8 Å². The first-order valence-corrected chi connectivity index (χ1v) is 6.33. The number of aromatic nitrogens is 2. The summed E-state index contributed by atoms with van der Waals surface area (Å²) in [5.41, 5.74) is 1.52. The van der Waals surface area contributed by atoms with Crippen molar-refractivity contribution in [1.29, 1.82) is 0 Å². The monoisotopic (exact) mass is 244 g/mol. The molecule has 86 valence electrons. The van der Waals surface area contributed by atoms with Gasteiger partial charge in [-0.15, -0.1) is 0 Å². The number of thioether (sulfide) groups is 1. The predicted molar refractivity (Wildman–Crippen MR) is 69.0 cm³/mol. The van der Waals surface area contributed by atoms with Crippen molar-refractivity contribution in [3.05, 3.63) is 60.2 Å². The molecule has 0 saturated heterocycles. The molecule has 0 aliphatic carbocycles. The number of hydrogen-bond donors (Lipinski definition) is 0. The third-order valence-corrected chi connectivity index (χ3v) is 3.07. The second-order valence-corrected chi connectivity index (χ2v) is 4.49. The molecule has 0 amide bonds. The van der Waals surface area contributed by atoms with Gasteiger partial charge in [0.05, 0.1) is 0 Å². The lowest BCUT2D eigenvalue weighted by Crippen LogP contribution is -2.00. The Hall–Kier alpha value is -1.68. The maximum atomic E-state index is 11.7. The van der Waals surface area contributed by atoms with E-state index < -0.39 is 0 Å². The Morgan fingerprint density at radius 2 is 1.82 bits per heavy atom. The zero-order chi connectivity index (χ0) is 11.9. The van der Waals surface area contributed by atoms with Crippen molar-refractivity contribution in [2.75, 3.05) is 5.75 Å². The fourth-order valence-electron chi connectivity index (χ4n) is 1.35. The summed E-state index contributed by atoms with van der Waals surface area (Å²) in [5, 5.41) is 0.0153. The molecule has 0 radical (unpaired) electrons. The van der Waals surface area contributed by atoms with Crippen molar-refractivity contribution in [3.63, 3.8) is 0 Å². The van der Waals surface area contributed by atoms with E-state index in [4.69, 9.17) is 0 Å². The largest absolute Gasteiger partial charge is 0.280 e. The quantitative estimate of drug-likeness (QED) is 0.829. The standard InChI is InChI=1S/C13H12N2OS/c16-13(12-6-2-4-9-15-12)17-10-7-11-5-1-3-8-14-11/h1-6,8-9H,7,10H2. The fraction of sp³-hybridized carbons (Fsp3) is 0.154. The lowest BCUT2D eigenvalue weighted by molar-refractivity contribution is 0.108. The van der Waals surface area contributed by atoms with Crippen molar-refractivity contribution in [2.24, 2.45) is 0 Å². The summed E-state index contributed by atoms with van der Waals surface area (Å²) < 4.78 is 0. The Morgan fingerprint density at radius 1 is 1.06 bits per heavy atom. The molecule has 2 heterocycles. The van der Waals surface area contributed by atoms with Gasteiger partial charge in [0.25, 0.3) is 0 Å². The first-order valence-electron chi connectivity index (χ1n) is 5.34. The van der Waals surface area contributed by atoms with Gasteiger partial charge in [-0.2, -0.15) is 0 Å². The molecule has 0 atom stereocenters. The van der Waals surface area contributed by atoms with Crippen LogP contribution in [-0.2, 0) is 6.42 Å². The van der Waals surface area contributed by atoms with Crippen LogP contribution in [-0.4, -0.2) is 20.8 Å². The molecule has 0 spiro atoms. The van der Waals surface area contributed by atoms with E-state index in [0.717, 1.165) is 17.9 Å². The van der Waals surface area contributed by atoms with Gasteiger partial charge >= 0.3 is 0 Å². The van der Waals surface area contributed by atoms with Gasteiger partial charge in [0.1, 0.15) is 5.69 Å². The van der Waals surface area contributed by atoms with Crippen LogP contribution in [0.2, 0.25) is 0 Å². The molecule has 17 heavy (non-hydrogen) atoms. The third-order valence-electron chi connectivity index (χ3n) is 2.19. The normalized spacial score (nSPS) is 10.1. The van der Waals surface area contributed by atoms with Gasteiger partial charge in [0.15, 0.2) is 0 Å². The number of rotatable bonds is 4. The van der Waals surface area contributed by atoms with E-state index in [1.165, 1.54) is 11.8 Å². The van der Waals surface area contributed by atoms with E-state index >= 15 is 0 Å². The van der Waals surface area contributed by atoms with Crippen molar-refractivity contribution >= 4 is 16.9 Å². The minimum atomic E-state index is 0.0153. The predicted octanol–water partition coefficient (Wildman–Crippen LogP) is 2.59. The van der Waals surface area contributed by atoms with Crippen LogP contribution in [0, 0.1) is 0 Å². The van der Waals surface area contributed by atoms with Gasteiger partial charge in [0, 0.05) is 23.8 Å². The van der Waals surface area contributed by atoms with Crippen molar-refractivity contribution < 1.29 is 4.79 Å². The number of carbonyl (C=O) groups excluding carboxylic acids is 1. The minimum Gasteiger partial charge on any atom is -0.280 e. The van der Waals surface area contributed by atoms with Gasteiger partial charge in [-0.05, 0) is 30.7 Å². The van der Waals surface area contributed by atoms with Gasteiger partial charge in [-0.1, -0.05) is 23.9 Å². The number of nitrogens with zero attached hydrogens (tertiary/aromatic N) is 2. The Kier molecular flexibility index (Phi) is 4.27. The topological polar surface area (TPSA) is 42.9 Å². The Morgan fingerprint density at radius 3 is 2.47 bits per heavy atom. The summed E-state index contributed by atoms with van der Waals surface area (Å²) in [6, 6.07) is 11.2. The van der Waals surface area contributed by atoms with E-state index in [-0.39, 0.29) is 5.12 Å². The molecule has 0 unspecified atom stereocenters. The van der Waals surface area contributed by atoms with Crippen LogP contribution in [0.4, 0.5) is 0 Å². The first kappa shape index (κ1) is 11.8.